The van der Waals surface area contributed by atoms with Gasteiger partial charge < -0.3 is 9.80 Å². The number of carbonyl (C=O) groups is 2. The van der Waals surface area contributed by atoms with Gasteiger partial charge in [0, 0.05) is 44.1 Å². The van der Waals surface area contributed by atoms with Crippen LogP contribution in [0.3, 0.4) is 0 Å². The summed E-state index contributed by atoms with van der Waals surface area (Å²) in [5.41, 5.74) is 3.74. The molecule has 1 atom stereocenters. The van der Waals surface area contributed by atoms with Crippen molar-refractivity contribution in [2.75, 3.05) is 26.2 Å². The fraction of sp³-hybridized carbons (Fsp3) is 0.292. The molecule has 0 spiro atoms. The van der Waals surface area contributed by atoms with E-state index >= 15 is 0 Å². The van der Waals surface area contributed by atoms with E-state index in [1.807, 2.05) is 42.6 Å². The Hall–Kier alpha value is -3.39. The molecule has 1 aromatic carbocycles. The van der Waals surface area contributed by atoms with E-state index in [4.69, 9.17) is 0 Å². The van der Waals surface area contributed by atoms with Gasteiger partial charge in [0.15, 0.2) is 0 Å². The molecular weight excluding hydrogens is 422 g/mol. The van der Waals surface area contributed by atoms with Crippen LogP contribution in [0.1, 0.15) is 20.9 Å². The summed E-state index contributed by atoms with van der Waals surface area (Å²) in [6, 6.07) is 12.0. The molecule has 164 valence electrons. The quantitative estimate of drug-likeness (QED) is 0.542. The van der Waals surface area contributed by atoms with Gasteiger partial charge in [0.05, 0.1) is 11.6 Å². The summed E-state index contributed by atoms with van der Waals surface area (Å²) in [5, 5.41) is 3.97. The highest BCUT2D eigenvalue weighted by Crippen LogP contribution is 2.27. The Morgan fingerprint density at radius 2 is 2.09 bits per heavy atom. The molecule has 7 nitrogen and oxygen atoms in total. The number of benzene rings is 1. The second-order valence-corrected chi connectivity index (χ2v) is 8.57. The molecule has 0 unspecified atom stereocenters. The largest absolute Gasteiger partial charge is 0.337 e. The average molecular weight is 448 g/mol. The minimum atomic E-state index is -0.361. The highest BCUT2D eigenvalue weighted by Gasteiger charge is 2.33. The normalized spacial score (nSPS) is 16.7. The number of hydrogen-bond acceptors (Lipinski definition) is 6. The number of carbonyl (C=O) groups excluding carboxylic acids is 2. The third kappa shape index (κ3) is 4.60. The summed E-state index contributed by atoms with van der Waals surface area (Å²) in [4.78, 5) is 34.9. The first kappa shape index (κ1) is 21.8. The molecule has 0 saturated carbocycles. The maximum Gasteiger partial charge on any atom is 0.267 e. The van der Waals surface area contributed by atoms with Crippen LogP contribution in [-0.2, 0) is 11.2 Å². The predicted molar refractivity (Wildman–Crippen MR) is 124 cm³/mol. The van der Waals surface area contributed by atoms with Gasteiger partial charge in [-0.25, -0.2) is 0 Å². The molecule has 1 aliphatic heterocycles. The van der Waals surface area contributed by atoms with Gasteiger partial charge in [-0.3, -0.25) is 14.6 Å². The fourth-order valence-electron chi connectivity index (χ4n) is 4.06. The van der Waals surface area contributed by atoms with E-state index in [1.165, 1.54) is 0 Å². The van der Waals surface area contributed by atoms with Crippen molar-refractivity contribution in [1.82, 2.24) is 24.4 Å². The Morgan fingerprint density at radius 1 is 1.25 bits per heavy atom. The Balaban J connectivity index is 1.65. The minimum absolute atomic E-state index is 0.0420. The first-order valence-corrected chi connectivity index (χ1v) is 11.3. The Bertz CT molecular complexity index is 1110. The van der Waals surface area contributed by atoms with Crippen molar-refractivity contribution in [2.45, 2.75) is 13.3 Å². The second kappa shape index (κ2) is 9.82. The molecule has 1 saturated heterocycles. The zero-order valence-electron chi connectivity index (χ0n) is 18.0. The maximum absolute atomic E-state index is 13.4. The number of pyridine rings is 1. The summed E-state index contributed by atoms with van der Waals surface area (Å²) in [7, 11) is 0. The zero-order valence-corrected chi connectivity index (χ0v) is 18.8. The number of amides is 2. The van der Waals surface area contributed by atoms with Gasteiger partial charge in [0.2, 0.25) is 5.91 Å². The molecule has 2 aromatic heterocycles. The average Bonchev–Trinajstić information content (AvgIpc) is 3.19. The standard InChI is InChI=1S/C24H25N5O2S/c1-3-11-28-12-13-29(24(31)22-17(2)26-27-32-22)16-20(23(28)30)14-18-7-4-5-9-21(18)19-8-6-10-25-15-19/h3-10,15,20H,1,11-14,16H2,2H3/t20-/m0/s1. The van der Waals surface area contributed by atoms with Crippen molar-refractivity contribution in [3.05, 3.63) is 77.6 Å². The monoisotopic (exact) mass is 447 g/mol. The molecule has 0 N–H and O–H groups in total. The van der Waals surface area contributed by atoms with Gasteiger partial charge in [-0.05, 0) is 42.1 Å². The van der Waals surface area contributed by atoms with E-state index in [0.29, 0.717) is 43.2 Å². The van der Waals surface area contributed by atoms with E-state index in [0.717, 1.165) is 28.2 Å². The third-order valence-corrected chi connectivity index (χ3v) is 6.50. The van der Waals surface area contributed by atoms with Crippen molar-refractivity contribution >= 4 is 23.3 Å². The third-order valence-electron chi connectivity index (χ3n) is 5.68. The van der Waals surface area contributed by atoms with E-state index in [1.54, 1.807) is 29.0 Å². The highest BCUT2D eigenvalue weighted by molar-refractivity contribution is 7.07. The molecule has 32 heavy (non-hydrogen) atoms. The number of aryl methyl sites for hydroxylation is 1. The van der Waals surface area contributed by atoms with Crippen molar-refractivity contribution < 1.29 is 9.59 Å². The predicted octanol–water partition coefficient (Wildman–Crippen LogP) is 3.24. The van der Waals surface area contributed by atoms with Crippen LogP contribution in [0.2, 0.25) is 0 Å². The van der Waals surface area contributed by atoms with E-state index in [2.05, 4.69) is 21.1 Å². The van der Waals surface area contributed by atoms with Crippen molar-refractivity contribution in [2.24, 2.45) is 5.92 Å². The van der Waals surface area contributed by atoms with Gasteiger partial charge in [-0.2, -0.15) is 0 Å². The summed E-state index contributed by atoms with van der Waals surface area (Å²) in [6.07, 6.45) is 5.83. The number of nitrogens with zero attached hydrogens (tertiary/aromatic N) is 5. The van der Waals surface area contributed by atoms with Crippen molar-refractivity contribution in [3.8, 4) is 11.1 Å². The fourth-order valence-corrected chi connectivity index (χ4v) is 4.68. The lowest BCUT2D eigenvalue weighted by Crippen LogP contribution is -2.38. The lowest BCUT2D eigenvalue weighted by molar-refractivity contribution is -0.134. The molecule has 3 aromatic rings. The van der Waals surface area contributed by atoms with Crippen LogP contribution in [0, 0.1) is 12.8 Å². The van der Waals surface area contributed by atoms with Crippen molar-refractivity contribution in [3.63, 3.8) is 0 Å². The summed E-state index contributed by atoms with van der Waals surface area (Å²) in [5.74, 6) is -0.433. The highest BCUT2D eigenvalue weighted by atomic mass is 32.1. The first-order chi connectivity index (χ1) is 15.6. The minimum Gasteiger partial charge on any atom is -0.337 e. The van der Waals surface area contributed by atoms with Crippen LogP contribution < -0.4 is 0 Å². The molecule has 0 radical (unpaired) electrons. The number of rotatable bonds is 6. The molecule has 4 rings (SSSR count). The Kier molecular flexibility index (Phi) is 6.70. The molecule has 8 heteroatoms. The molecule has 0 aliphatic carbocycles. The summed E-state index contributed by atoms with van der Waals surface area (Å²) < 4.78 is 3.90. The van der Waals surface area contributed by atoms with Crippen molar-refractivity contribution in [1.29, 1.82) is 0 Å². The van der Waals surface area contributed by atoms with Crippen LogP contribution >= 0.6 is 11.5 Å². The Labute approximate surface area is 191 Å². The lowest BCUT2D eigenvalue weighted by Gasteiger charge is -2.24. The Morgan fingerprint density at radius 3 is 2.81 bits per heavy atom. The SMILES string of the molecule is C=CCN1CCN(C(=O)c2snnc2C)C[C@H](Cc2ccccc2-c2cccnc2)C1=O. The van der Waals surface area contributed by atoms with E-state index in [-0.39, 0.29) is 17.7 Å². The van der Waals surface area contributed by atoms with E-state index < -0.39 is 0 Å². The van der Waals surface area contributed by atoms with Crippen LogP contribution in [0.4, 0.5) is 0 Å². The van der Waals surface area contributed by atoms with E-state index in [9.17, 15) is 9.59 Å². The van der Waals surface area contributed by atoms with Gasteiger partial charge >= 0.3 is 0 Å². The van der Waals surface area contributed by atoms with Crippen LogP contribution in [-0.4, -0.2) is 62.4 Å². The zero-order chi connectivity index (χ0) is 22.5. The molecule has 3 heterocycles. The summed E-state index contributed by atoms with van der Waals surface area (Å²) in [6.45, 7) is 7.33. The molecular formula is C24H25N5O2S. The van der Waals surface area contributed by atoms with Gasteiger partial charge in [0.25, 0.3) is 5.91 Å². The second-order valence-electron chi connectivity index (χ2n) is 7.81. The molecule has 1 fully saturated rings. The van der Waals surface area contributed by atoms with Crippen LogP contribution in [0.15, 0.2) is 61.4 Å². The summed E-state index contributed by atoms with van der Waals surface area (Å²) >= 11 is 1.10. The topological polar surface area (TPSA) is 79.3 Å². The van der Waals surface area contributed by atoms with Gasteiger partial charge in [-0.15, -0.1) is 11.7 Å². The number of aromatic nitrogens is 3. The van der Waals surface area contributed by atoms with Gasteiger partial charge in [-0.1, -0.05) is 40.9 Å². The smallest absolute Gasteiger partial charge is 0.267 e. The van der Waals surface area contributed by atoms with Crippen LogP contribution in [0.25, 0.3) is 11.1 Å². The molecule has 0 bridgehead atoms. The van der Waals surface area contributed by atoms with Gasteiger partial charge in [0.1, 0.15) is 4.88 Å². The number of hydrogen-bond donors (Lipinski definition) is 0. The lowest BCUT2D eigenvalue weighted by atomic mass is 9.91. The van der Waals surface area contributed by atoms with Crippen LogP contribution in [0.5, 0.6) is 0 Å². The first-order valence-electron chi connectivity index (χ1n) is 10.5. The maximum atomic E-state index is 13.4. The molecule has 2 amide bonds. The molecule has 1 aliphatic rings.